The van der Waals surface area contributed by atoms with E-state index in [1.165, 1.54) is 12.1 Å². The van der Waals surface area contributed by atoms with Crippen LogP contribution >= 0.6 is 11.6 Å². The third kappa shape index (κ3) is 3.20. The summed E-state index contributed by atoms with van der Waals surface area (Å²) in [7, 11) is 0. The molecule has 0 atom stereocenters. The lowest BCUT2D eigenvalue weighted by molar-refractivity contribution is -0.384. The second-order valence-electron chi connectivity index (χ2n) is 3.24. The van der Waals surface area contributed by atoms with Crippen LogP contribution in [-0.2, 0) is 0 Å². The smallest absolute Gasteiger partial charge is 0.258 e. The number of hydrogen-bond donors (Lipinski definition) is 0. The van der Waals surface area contributed by atoms with Crippen LogP contribution in [-0.4, -0.2) is 11.1 Å². The van der Waals surface area contributed by atoms with Crippen molar-refractivity contribution in [2.75, 3.05) is 0 Å². The molecule has 0 radical (unpaired) electrons. The maximum Gasteiger partial charge on any atom is 0.413 e. The van der Waals surface area contributed by atoms with Crippen LogP contribution < -0.4 is 0 Å². The lowest BCUT2D eigenvalue weighted by Crippen LogP contribution is -2.10. The van der Waals surface area contributed by atoms with Gasteiger partial charge in [-0.05, 0) is 24.6 Å². The number of hydrogen-bond acceptors (Lipinski definition) is 2. The molecular formula is C10H7ClF3NO2. The van der Waals surface area contributed by atoms with Crippen LogP contribution in [0.1, 0.15) is 12.5 Å². The number of nitrogens with zero attached hydrogens (tertiary/aromatic N) is 1. The summed E-state index contributed by atoms with van der Waals surface area (Å²) in [5.74, 6) is 0. The Morgan fingerprint density at radius 2 is 1.76 bits per heavy atom. The molecule has 3 nitrogen and oxygen atoms in total. The first kappa shape index (κ1) is 13.5. The van der Waals surface area contributed by atoms with Gasteiger partial charge in [-0.25, -0.2) is 0 Å². The number of halogens is 4. The molecule has 0 fully saturated rings. The van der Waals surface area contributed by atoms with Crippen LogP contribution in [0.5, 0.6) is 0 Å². The van der Waals surface area contributed by atoms with Crippen LogP contribution in [0.2, 0.25) is 0 Å². The van der Waals surface area contributed by atoms with Crippen molar-refractivity contribution in [2.45, 2.75) is 13.1 Å². The lowest BCUT2D eigenvalue weighted by Gasteiger charge is -2.09. The molecule has 1 aromatic carbocycles. The van der Waals surface area contributed by atoms with Crippen LogP contribution in [0.4, 0.5) is 18.9 Å². The van der Waals surface area contributed by atoms with E-state index >= 15 is 0 Å². The molecule has 0 aliphatic carbocycles. The summed E-state index contributed by atoms with van der Waals surface area (Å²) in [6, 6.07) is 4.55. The highest BCUT2D eigenvalue weighted by Gasteiger charge is 2.32. The van der Waals surface area contributed by atoms with Gasteiger partial charge in [-0.3, -0.25) is 10.1 Å². The average Bonchev–Trinajstić information content (AvgIpc) is 2.26. The Kier molecular flexibility index (Phi) is 3.77. The molecular weight excluding hydrogens is 259 g/mol. The molecule has 7 heteroatoms. The molecule has 17 heavy (non-hydrogen) atoms. The molecule has 92 valence electrons. The molecule has 1 rings (SSSR count). The molecule has 0 spiro atoms. The number of rotatable bonds is 2. The van der Waals surface area contributed by atoms with Crippen LogP contribution in [0.25, 0.3) is 5.03 Å². The Labute approximate surface area is 99.7 Å². The number of allylic oxidation sites excluding steroid dienone is 1. The fourth-order valence-corrected chi connectivity index (χ4v) is 1.30. The molecule has 0 amide bonds. The lowest BCUT2D eigenvalue weighted by atomic mass is 10.1. The summed E-state index contributed by atoms with van der Waals surface area (Å²) in [5, 5.41) is 9.89. The van der Waals surface area contributed by atoms with Crippen molar-refractivity contribution in [3.05, 3.63) is 45.5 Å². The molecule has 0 saturated carbocycles. The number of nitro benzene ring substituents is 1. The van der Waals surface area contributed by atoms with Crippen LogP contribution in [0, 0.1) is 10.1 Å². The molecule has 0 saturated heterocycles. The second kappa shape index (κ2) is 4.75. The number of benzene rings is 1. The van der Waals surface area contributed by atoms with Crippen LogP contribution in [0.3, 0.4) is 0 Å². The third-order valence-electron chi connectivity index (χ3n) is 2.09. The zero-order valence-corrected chi connectivity index (χ0v) is 9.34. The molecule has 0 aromatic heterocycles. The van der Waals surface area contributed by atoms with Crippen molar-refractivity contribution in [2.24, 2.45) is 0 Å². The minimum Gasteiger partial charge on any atom is -0.258 e. The molecule has 0 aliphatic rings. The Morgan fingerprint density at radius 1 is 1.29 bits per heavy atom. The van der Waals surface area contributed by atoms with Gasteiger partial charge < -0.3 is 0 Å². The van der Waals surface area contributed by atoms with E-state index in [2.05, 4.69) is 0 Å². The first-order valence-electron chi connectivity index (χ1n) is 4.42. The first-order chi connectivity index (χ1) is 7.73. The van der Waals surface area contributed by atoms with E-state index in [1.54, 1.807) is 0 Å². The summed E-state index contributed by atoms with van der Waals surface area (Å²) in [6.07, 6.45) is -4.52. The van der Waals surface area contributed by atoms with Gasteiger partial charge in [0.25, 0.3) is 5.69 Å². The van der Waals surface area contributed by atoms with Gasteiger partial charge in [0.15, 0.2) is 0 Å². The number of alkyl halides is 3. The van der Waals surface area contributed by atoms with Crippen molar-refractivity contribution in [3.63, 3.8) is 0 Å². The molecule has 0 aliphatic heterocycles. The average molecular weight is 266 g/mol. The Bertz CT molecular complexity index is 465. The summed E-state index contributed by atoms with van der Waals surface area (Å²) in [6.45, 7) is 0.851. The van der Waals surface area contributed by atoms with Gasteiger partial charge in [-0.15, -0.1) is 0 Å². The van der Waals surface area contributed by atoms with Gasteiger partial charge in [-0.1, -0.05) is 11.6 Å². The Hall–Kier alpha value is -1.56. The van der Waals surface area contributed by atoms with E-state index in [0.29, 0.717) is 0 Å². The fourth-order valence-electron chi connectivity index (χ4n) is 1.07. The standard InChI is InChI=1S/C10H7ClF3NO2/c1-6(10(12,13)14)9(11)7-2-4-8(5-3-7)15(16)17/h2-5H,1H3/b9-6-. The van der Waals surface area contributed by atoms with Gasteiger partial charge in [-0.2, -0.15) is 13.2 Å². The molecule has 0 N–H and O–H groups in total. The zero-order chi connectivity index (χ0) is 13.2. The van der Waals surface area contributed by atoms with E-state index in [1.807, 2.05) is 0 Å². The highest BCUT2D eigenvalue weighted by Crippen LogP contribution is 2.34. The van der Waals surface area contributed by atoms with Crippen molar-refractivity contribution in [1.29, 1.82) is 0 Å². The quantitative estimate of drug-likeness (QED) is 0.596. The molecule has 1 aromatic rings. The van der Waals surface area contributed by atoms with Crippen LogP contribution in [0.15, 0.2) is 29.8 Å². The summed E-state index contributed by atoms with van der Waals surface area (Å²) in [5.41, 5.74) is -1.05. The maximum absolute atomic E-state index is 12.3. The van der Waals surface area contributed by atoms with E-state index in [0.717, 1.165) is 19.1 Å². The minimum atomic E-state index is -4.52. The number of non-ortho nitro benzene ring substituents is 1. The maximum atomic E-state index is 12.3. The van der Waals surface area contributed by atoms with Crippen molar-refractivity contribution in [1.82, 2.24) is 0 Å². The van der Waals surface area contributed by atoms with E-state index in [4.69, 9.17) is 11.6 Å². The second-order valence-corrected chi connectivity index (χ2v) is 3.62. The zero-order valence-electron chi connectivity index (χ0n) is 8.58. The van der Waals surface area contributed by atoms with E-state index in [-0.39, 0.29) is 11.3 Å². The summed E-state index contributed by atoms with van der Waals surface area (Å²) >= 11 is 5.56. The SMILES string of the molecule is C/C(=C(/Cl)c1ccc([N+](=O)[O-])cc1)C(F)(F)F. The van der Waals surface area contributed by atoms with Gasteiger partial charge >= 0.3 is 6.18 Å². The highest BCUT2D eigenvalue weighted by atomic mass is 35.5. The molecule has 0 heterocycles. The minimum absolute atomic E-state index is 0.0899. The van der Waals surface area contributed by atoms with Crippen molar-refractivity contribution >= 4 is 22.3 Å². The van der Waals surface area contributed by atoms with Crippen molar-refractivity contribution < 1.29 is 18.1 Å². The summed E-state index contributed by atoms with van der Waals surface area (Å²) in [4.78, 5) is 9.71. The largest absolute Gasteiger partial charge is 0.413 e. The predicted molar refractivity (Wildman–Crippen MR) is 57.6 cm³/mol. The normalized spacial score (nSPS) is 13.2. The number of nitro groups is 1. The Morgan fingerprint density at radius 3 is 2.12 bits per heavy atom. The van der Waals surface area contributed by atoms with Crippen molar-refractivity contribution in [3.8, 4) is 0 Å². The fraction of sp³-hybridized carbons (Fsp3) is 0.200. The Balaban J connectivity index is 3.14. The molecule has 0 bridgehead atoms. The first-order valence-corrected chi connectivity index (χ1v) is 4.79. The monoisotopic (exact) mass is 265 g/mol. The highest BCUT2D eigenvalue weighted by molar-refractivity contribution is 6.49. The van der Waals surface area contributed by atoms with E-state index in [9.17, 15) is 23.3 Å². The summed E-state index contributed by atoms with van der Waals surface area (Å²) < 4.78 is 37.0. The predicted octanol–water partition coefficient (Wildman–Crippen LogP) is 4.13. The van der Waals surface area contributed by atoms with Gasteiger partial charge in [0, 0.05) is 17.7 Å². The third-order valence-corrected chi connectivity index (χ3v) is 2.59. The topological polar surface area (TPSA) is 43.1 Å². The molecule has 0 unspecified atom stereocenters. The van der Waals surface area contributed by atoms with E-state index < -0.39 is 21.7 Å². The van der Waals surface area contributed by atoms with Gasteiger partial charge in [0.2, 0.25) is 0 Å². The van der Waals surface area contributed by atoms with Gasteiger partial charge in [0.1, 0.15) is 0 Å². The van der Waals surface area contributed by atoms with Gasteiger partial charge in [0.05, 0.1) is 9.96 Å².